The molecule has 1 saturated heterocycles. The molecule has 1 amide bonds. The number of alkyl halides is 3. The standard InChI is InChI=1S/C24H27F3N6O2/c1-3-31-9-11-32(12-10-31)21-8-7-17(14-28-21)15-29-23(34)22-20(35-2)16-33(30-22)19-6-4-5-18(13-19)24(25,26)27/h4-8,13-14,16H,3,9-12,15H2,1-2H3,(H,29,34). The zero-order chi connectivity index (χ0) is 25.0. The summed E-state index contributed by atoms with van der Waals surface area (Å²) in [5.41, 5.74) is 0.143. The molecule has 3 aromatic rings. The van der Waals surface area contributed by atoms with Gasteiger partial charge in [0.25, 0.3) is 5.91 Å². The number of pyridine rings is 1. The number of rotatable bonds is 7. The van der Waals surface area contributed by atoms with E-state index < -0.39 is 17.6 Å². The number of piperazine rings is 1. The van der Waals surface area contributed by atoms with Gasteiger partial charge in [-0.1, -0.05) is 19.1 Å². The summed E-state index contributed by atoms with van der Waals surface area (Å²) in [5, 5.41) is 6.93. The molecule has 1 aliphatic heterocycles. The van der Waals surface area contributed by atoms with Crippen LogP contribution >= 0.6 is 0 Å². The lowest BCUT2D eigenvalue weighted by atomic mass is 10.2. The molecule has 0 aliphatic carbocycles. The van der Waals surface area contributed by atoms with Crippen molar-refractivity contribution >= 4 is 11.7 Å². The number of hydrogen-bond donors (Lipinski definition) is 1. The largest absolute Gasteiger partial charge is 0.493 e. The van der Waals surface area contributed by atoms with Gasteiger partial charge >= 0.3 is 6.18 Å². The number of nitrogens with zero attached hydrogens (tertiary/aromatic N) is 5. The van der Waals surface area contributed by atoms with Crippen molar-refractivity contribution in [2.24, 2.45) is 0 Å². The number of methoxy groups -OCH3 is 1. The van der Waals surface area contributed by atoms with Crippen LogP contribution in [0.5, 0.6) is 5.75 Å². The second-order valence-electron chi connectivity index (χ2n) is 8.17. The fourth-order valence-corrected chi connectivity index (χ4v) is 3.89. The molecule has 8 nitrogen and oxygen atoms in total. The molecule has 3 heterocycles. The molecule has 2 aromatic heterocycles. The first-order chi connectivity index (χ1) is 16.8. The lowest BCUT2D eigenvalue weighted by molar-refractivity contribution is -0.137. The predicted molar refractivity (Wildman–Crippen MR) is 125 cm³/mol. The minimum Gasteiger partial charge on any atom is -0.493 e. The van der Waals surface area contributed by atoms with Crippen LogP contribution in [0, 0.1) is 0 Å². The average molecular weight is 489 g/mol. The molecule has 0 bridgehead atoms. The Balaban J connectivity index is 1.41. The van der Waals surface area contributed by atoms with Gasteiger partial charge in [0.05, 0.1) is 24.6 Å². The lowest BCUT2D eigenvalue weighted by Gasteiger charge is -2.34. The molecule has 0 unspecified atom stereocenters. The number of amides is 1. The van der Waals surface area contributed by atoms with Crippen molar-refractivity contribution in [3.05, 3.63) is 65.6 Å². The highest BCUT2D eigenvalue weighted by molar-refractivity contribution is 5.94. The highest BCUT2D eigenvalue weighted by Crippen LogP contribution is 2.30. The van der Waals surface area contributed by atoms with Gasteiger partial charge in [0, 0.05) is 38.9 Å². The Bertz CT molecular complexity index is 1150. The topological polar surface area (TPSA) is 75.5 Å². The van der Waals surface area contributed by atoms with Crippen molar-refractivity contribution in [1.29, 1.82) is 0 Å². The van der Waals surface area contributed by atoms with E-state index in [9.17, 15) is 18.0 Å². The fraction of sp³-hybridized carbons (Fsp3) is 0.375. The van der Waals surface area contributed by atoms with Gasteiger partial charge in [-0.25, -0.2) is 9.67 Å². The average Bonchev–Trinajstić information content (AvgIpc) is 3.32. The predicted octanol–water partition coefficient (Wildman–Crippen LogP) is 3.37. The van der Waals surface area contributed by atoms with Crippen LogP contribution < -0.4 is 15.0 Å². The normalized spacial score (nSPS) is 14.7. The van der Waals surface area contributed by atoms with Crippen LogP contribution in [0.15, 0.2) is 48.8 Å². The van der Waals surface area contributed by atoms with Crippen molar-refractivity contribution in [1.82, 2.24) is 25.0 Å². The summed E-state index contributed by atoms with van der Waals surface area (Å²) in [5.74, 6) is 0.546. The minimum absolute atomic E-state index is 0.0247. The second kappa shape index (κ2) is 10.3. The van der Waals surface area contributed by atoms with Crippen LogP contribution in [0.25, 0.3) is 5.69 Å². The van der Waals surface area contributed by atoms with E-state index in [0.29, 0.717) is 0 Å². The number of carbonyl (C=O) groups excluding carboxylic acids is 1. The molecule has 1 aromatic carbocycles. The van der Waals surface area contributed by atoms with Crippen LogP contribution in [-0.2, 0) is 12.7 Å². The van der Waals surface area contributed by atoms with E-state index in [1.807, 2.05) is 12.1 Å². The van der Waals surface area contributed by atoms with E-state index in [-0.39, 0.29) is 23.7 Å². The van der Waals surface area contributed by atoms with Crippen molar-refractivity contribution in [3.8, 4) is 11.4 Å². The van der Waals surface area contributed by atoms with E-state index in [1.165, 1.54) is 30.1 Å². The number of nitrogens with one attached hydrogen (secondary N) is 1. The number of carbonyl (C=O) groups is 1. The molecule has 0 saturated carbocycles. The van der Waals surface area contributed by atoms with E-state index in [2.05, 4.69) is 32.1 Å². The number of ether oxygens (including phenoxy) is 1. The monoisotopic (exact) mass is 488 g/mol. The molecule has 1 N–H and O–H groups in total. The van der Waals surface area contributed by atoms with E-state index in [1.54, 1.807) is 6.20 Å². The molecule has 1 aliphatic rings. The summed E-state index contributed by atoms with van der Waals surface area (Å²) in [4.78, 5) is 21.9. The number of hydrogen-bond acceptors (Lipinski definition) is 6. The van der Waals surface area contributed by atoms with Crippen molar-refractivity contribution in [2.45, 2.75) is 19.6 Å². The number of halogens is 3. The SMILES string of the molecule is CCN1CCN(c2ccc(CNC(=O)c3nn(-c4cccc(C(F)(F)F)c4)cc3OC)cn2)CC1. The van der Waals surface area contributed by atoms with E-state index >= 15 is 0 Å². The van der Waals surface area contributed by atoms with Gasteiger partial charge in [-0.15, -0.1) is 0 Å². The highest BCUT2D eigenvalue weighted by Gasteiger charge is 2.31. The fourth-order valence-electron chi connectivity index (χ4n) is 3.89. The molecule has 0 atom stereocenters. The van der Waals surface area contributed by atoms with Crippen LogP contribution in [0.3, 0.4) is 0 Å². The molecule has 1 fully saturated rings. The molecule has 11 heteroatoms. The number of anilines is 1. The van der Waals surface area contributed by atoms with Gasteiger partial charge in [0.1, 0.15) is 5.82 Å². The number of likely N-dealkylation sites (N-methyl/N-ethyl adjacent to an activating group) is 1. The second-order valence-corrected chi connectivity index (χ2v) is 8.17. The van der Waals surface area contributed by atoms with Crippen molar-refractivity contribution in [3.63, 3.8) is 0 Å². The molecule has 35 heavy (non-hydrogen) atoms. The number of aromatic nitrogens is 3. The summed E-state index contributed by atoms with van der Waals surface area (Å²) >= 11 is 0. The first kappa shape index (κ1) is 24.5. The maximum Gasteiger partial charge on any atom is 0.416 e. The summed E-state index contributed by atoms with van der Waals surface area (Å²) < 4.78 is 45.6. The molecular weight excluding hydrogens is 461 g/mol. The summed E-state index contributed by atoms with van der Waals surface area (Å²) in [6, 6.07) is 8.54. The summed E-state index contributed by atoms with van der Waals surface area (Å²) in [7, 11) is 1.37. The smallest absolute Gasteiger partial charge is 0.416 e. The number of benzene rings is 1. The zero-order valence-electron chi connectivity index (χ0n) is 19.5. The zero-order valence-corrected chi connectivity index (χ0v) is 19.5. The Hall–Kier alpha value is -3.60. The van der Waals surface area contributed by atoms with Gasteiger partial charge in [0.2, 0.25) is 0 Å². The van der Waals surface area contributed by atoms with Gasteiger partial charge in [-0.05, 0) is 36.4 Å². The molecule has 0 radical (unpaired) electrons. The first-order valence-corrected chi connectivity index (χ1v) is 11.3. The van der Waals surface area contributed by atoms with Gasteiger partial charge in [-0.3, -0.25) is 4.79 Å². The first-order valence-electron chi connectivity index (χ1n) is 11.3. The third-order valence-corrected chi connectivity index (χ3v) is 5.96. The Labute approximate surface area is 201 Å². The Kier molecular flexibility index (Phi) is 7.25. The van der Waals surface area contributed by atoms with Crippen LogP contribution in [0.1, 0.15) is 28.5 Å². The Morgan fingerprint density at radius 2 is 1.91 bits per heavy atom. The highest BCUT2D eigenvalue weighted by atomic mass is 19.4. The molecular formula is C24H27F3N6O2. The minimum atomic E-state index is -4.49. The van der Waals surface area contributed by atoms with Crippen LogP contribution in [0.2, 0.25) is 0 Å². The van der Waals surface area contributed by atoms with Gasteiger partial charge in [0.15, 0.2) is 11.4 Å². The van der Waals surface area contributed by atoms with Crippen LogP contribution in [0.4, 0.5) is 19.0 Å². The molecule has 4 rings (SSSR count). The summed E-state index contributed by atoms with van der Waals surface area (Å²) in [6.45, 7) is 7.27. The van der Waals surface area contributed by atoms with Gasteiger partial charge < -0.3 is 19.9 Å². The maximum atomic E-state index is 13.1. The summed E-state index contributed by atoms with van der Waals surface area (Å²) in [6.07, 6.45) is -1.39. The third kappa shape index (κ3) is 5.73. The van der Waals surface area contributed by atoms with Gasteiger partial charge in [-0.2, -0.15) is 18.3 Å². The van der Waals surface area contributed by atoms with Crippen molar-refractivity contribution in [2.75, 3.05) is 44.7 Å². The molecule has 0 spiro atoms. The molecule has 186 valence electrons. The Morgan fingerprint density at radius 1 is 1.14 bits per heavy atom. The third-order valence-electron chi connectivity index (χ3n) is 5.96. The van der Waals surface area contributed by atoms with E-state index in [0.717, 1.165) is 56.2 Å². The van der Waals surface area contributed by atoms with E-state index in [4.69, 9.17) is 4.74 Å². The van der Waals surface area contributed by atoms with Crippen LogP contribution in [-0.4, -0.2) is 65.4 Å². The van der Waals surface area contributed by atoms with Crippen molar-refractivity contribution < 1.29 is 22.7 Å². The maximum absolute atomic E-state index is 13.1. The quantitative estimate of drug-likeness (QED) is 0.550. The lowest BCUT2D eigenvalue weighted by Crippen LogP contribution is -2.46. The Morgan fingerprint density at radius 3 is 2.54 bits per heavy atom.